The van der Waals surface area contributed by atoms with E-state index < -0.39 is 5.41 Å². The molecule has 0 fully saturated rings. The molecule has 2 aliphatic heterocycles. The maximum Gasteiger partial charge on any atom is 0.0764 e. The Bertz CT molecular complexity index is 2730. The lowest BCUT2D eigenvalue weighted by Gasteiger charge is -2.45. The van der Waals surface area contributed by atoms with E-state index in [9.17, 15) is 0 Å². The van der Waals surface area contributed by atoms with Gasteiger partial charge in [-0.15, -0.1) is 0 Å². The molecule has 2 nitrogen and oxygen atoms in total. The summed E-state index contributed by atoms with van der Waals surface area (Å²) < 4.78 is 4.95. The molecule has 214 valence electrons. The minimum absolute atomic E-state index is 0.484. The second-order valence-electron chi connectivity index (χ2n) is 12.4. The molecule has 9 aromatic rings. The summed E-state index contributed by atoms with van der Waals surface area (Å²) in [5, 5.41) is 5.22. The van der Waals surface area contributed by atoms with Crippen molar-refractivity contribution in [2.24, 2.45) is 0 Å². The number of rotatable bonds is 1. The smallest absolute Gasteiger partial charge is 0.0764 e. The van der Waals surface area contributed by atoms with Crippen LogP contribution in [-0.4, -0.2) is 9.13 Å². The summed E-state index contributed by atoms with van der Waals surface area (Å²) in [6, 6.07) is 58.6. The zero-order valence-electron chi connectivity index (χ0n) is 24.8. The number of nitrogens with zero attached hydrogens (tertiary/aromatic N) is 2. The van der Waals surface area contributed by atoms with Gasteiger partial charge in [0.1, 0.15) is 0 Å². The molecule has 0 radical (unpaired) electrons. The van der Waals surface area contributed by atoms with Crippen LogP contribution < -0.4 is 0 Å². The van der Waals surface area contributed by atoms with Crippen LogP contribution in [0.5, 0.6) is 0 Å². The first-order chi connectivity index (χ1) is 22.9. The SMILES string of the molecule is c1ccc(-n2c3ccccc3c3c4c(ccc32)C2(c3ccccc3S4)c3ccccc3-n3c4ccccc4c4cccc2c43)cc1. The van der Waals surface area contributed by atoms with E-state index in [1.165, 1.54) is 87.0 Å². The van der Waals surface area contributed by atoms with Gasteiger partial charge in [0.05, 0.1) is 33.2 Å². The lowest BCUT2D eigenvalue weighted by atomic mass is 9.62. The maximum absolute atomic E-state index is 2.52. The van der Waals surface area contributed by atoms with Crippen molar-refractivity contribution in [3.05, 3.63) is 180 Å². The van der Waals surface area contributed by atoms with E-state index in [0.717, 1.165) is 0 Å². The number of hydrogen-bond donors (Lipinski definition) is 0. The van der Waals surface area contributed by atoms with Crippen LogP contribution in [0.3, 0.4) is 0 Å². The zero-order chi connectivity index (χ0) is 30.0. The fraction of sp³-hybridized carbons (Fsp3) is 0.0233. The summed E-state index contributed by atoms with van der Waals surface area (Å²) in [4.78, 5) is 2.66. The van der Waals surface area contributed by atoms with Crippen molar-refractivity contribution in [3.63, 3.8) is 0 Å². The van der Waals surface area contributed by atoms with Crippen LogP contribution in [0, 0.1) is 0 Å². The Morgan fingerprint density at radius 3 is 1.93 bits per heavy atom. The summed E-state index contributed by atoms with van der Waals surface area (Å²) in [6.45, 7) is 0. The average molecular weight is 603 g/mol. The highest BCUT2D eigenvalue weighted by Crippen LogP contribution is 2.62. The van der Waals surface area contributed by atoms with Crippen LogP contribution in [0.1, 0.15) is 22.3 Å². The van der Waals surface area contributed by atoms with E-state index in [4.69, 9.17) is 0 Å². The second kappa shape index (κ2) is 8.81. The molecule has 0 aliphatic carbocycles. The quantitative estimate of drug-likeness (QED) is 0.182. The molecule has 0 bridgehead atoms. The first-order valence-electron chi connectivity index (χ1n) is 15.9. The van der Waals surface area contributed by atoms with Gasteiger partial charge in [-0.05, 0) is 64.7 Å². The van der Waals surface area contributed by atoms with Gasteiger partial charge in [-0.25, -0.2) is 0 Å². The van der Waals surface area contributed by atoms with Gasteiger partial charge >= 0.3 is 0 Å². The Morgan fingerprint density at radius 2 is 1.07 bits per heavy atom. The van der Waals surface area contributed by atoms with Gasteiger partial charge in [-0.3, -0.25) is 0 Å². The number of aromatic nitrogens is 2. The third kappa shape index (κ3) is 2.86. The van der Waals surface area contributed by atoms with Crippen molar-refractivity contribution in [1.82, 2.24) is 9.13 Å². The van der Waals surface area contributed by atoms with Crippen LogP contribution >= 0.6 is 11.8 Å². The Labute approximate surface area is 270 Å². The van der Waals surface area contributed by atoms with Crippen LogP contribution in [0.15, 0.2) is 168 Å². The molecule has 7 aromatic carbocycles. The fourth-order valence-corrected chi connectivity index (χ4v) is 10.0. The standard InChI is InChI=1S/C43H26N2S/c1-2-13-27(14-3-1)44-36-22-9-5-16-30(36)40-38(44)26-25-34-42(40)46-39-24-11-7-19-32(39)43(34)31-18-6-10-23-37(31)45-35-21-8-4-15-28(35)29-17-12-20-33(43)41(29)45/h1-26H. The minimum Gasteiger partial charge on any atom is -0.309 e. The van der Waals surface area contributed by atoms with Gasteiger partial charge in [0, 0.05) is 37.0 Å². The van der Waals surface area contributed by atoms with E-state index in [1.54, 1.807) is 0 Å². The number of fused-ring (bicyclic) bond motifs is 15. The molecule has 1 atom stereocenters. The monoisotopic (exact) mass is 602 g/mol. The molecule has 0 saturated carbocycles. The van der Waals surface area contributed by atoms with Crippen molar-refractivity contribution < 1.29 is 0 Å². The molecule has 2 aromatic heterocycles. The van der Waals surface area contributed by atoms with E-state index in [-0.39, 0.29) is 0 Å². The molecular formula is C43H26N2S. The first kappa shape index (κ1) is 24.8. The maximum atomic E-state index is 2.52. The van der Waals surface area contributed by atoms with Crippen molar-refractivity contribution in [2.75, 3.05) is 0 Å². The van der Waals surface area contributed by atoms with Gasteiger partial charge in [0.25, 0.3) is 0 Å². The summed E-state index contributed by atoms with van der Waals surface area (Å²) in [5.41, 5.74) is 12.4. The van der Waals surface area contributed by atoms with Crippen LogP contribution in [0.2, 0.25) is 0 Å². The Kier molecular flexibility index (Phi) is 4.74. The van der Waals surface area contributed by atoms with Crippen LogP contribution in [0.25, 0.3) is 55.0 Å². The molecule has 2 aliphatic rings. The molecule has 4 heterocycles. The van der Waals surface area contributed by atoms with Gasteiger partial charge in [-0.1, -0.05) is 127 Å². The Morgan fingerprint density at radius 1 is 0.413 bits per heavy atom. The Hall–Kier alpha value is -5.51. The third-order valence-electron chi connectivity index (χ3n) is 10.4. The minimum atomic E-state index is -0.484. The highest BCUT2D eigenvalue weighted by Gasteiger charge is 2.49. The molecule has 46 heavy (non-hydrogen) atoms. The molecule has 0 saturated heterocycles. The number of benzene rings is 7. The lowest BCUT2D eigenvalue weighted by Crippen LogP contribution is -2.37. The van der Waals surface area contributed by atoms with Crippen molar-refractivity contribution >= 4 is 55.4 Å². The first-order valence-corrected chi connectivity index (χ1v) is 16.7. The molecule has 1 spiro atoms. The normalized spacial score (nSPS) is 16.3. The van der Waals surface area contributed by atoms with Crippen molar-refractivity contribution in [3.8, 4) is 11.4 Å². The van der Waals surface area contributed by atoms with Crippen LogP contribution in [0.4, 0.5) is 0 Å². The van der Waals surface area contributed by atoms with Gasteiger partial charge < -0.3 is 9.13 Å². The molecule has 0 amide bonds. The third-order valence-corrected chi connectivity index (χ3v) is 11.6. The van der Waals surface area contributed by atoms with E-state index in [2.05, 4.69) is 167 Å². The number of hydrogen-bond acceptors (Lipinski definition) is 1. The highest BCUT2D eigenvalue weighted by molar-refractivity contribution is 7.99. The van der Waals surface area contributed by atoms with Crippen molar-refractivity contribution in [2.45, 2.75) is 15.2 Å². The molecule has 0 N–H and O–H groups in total. The summed E-state index contributed by atoms with van der Waals surface area (Å²) in [7, 11) is 0. The molecule has 1 unspecified atom stereocenters. The fourth-order valence-electron chi connectivity index (χ4n) is 8.69. The van der Waals surface area contributed by atoms with Gasteiger partial charge in [0.15, 0.2) is 0 Å². The number of para-hydroxylation sites is 5. The van der Waals surface area contributed by atoms with E-state index in [1.807, 2.05) is 11.8 Å². The van der Waals surface area contributed by atoms with E-state index in [0.29, 0.717) is 0 Å². The highest BCUT2D eigenvalue weighted by atomic mass is 32.2. The van der Waals surface area contributed by atoms with Crippen LogP contribution in [-0.2, 0) is 5.41 Å². The molecule has 3 heteroatoms. The lowest BCUT2D eigenvalue weighted by molar-refractivity contribution is 0.692. The zero-order valence-corrected chi connectivity index (χ0v) is 25.6. The van der Waals surface area contributed by atoms with Crippen molar-refractivity contribution in [1.29, 1.82) is 0 Å². The second-order valence-corrected chi connectivity index (χ2v) is 13.5. The topological polar surface area (TPSA) is 9.86 Å². The summed E-state index contributed by atoms with van der Waals surface area (Å²) in [5.74, 6) is 0. The Balaban J connectivity index is 1.37. The molecular weight excluding hydrogens is 577 g/mol. The predicted molar refractivity (Wildman–Crippen MR) is 191 cm³/mol. The van der Waals surface area contributed by atoms with Gasteiger partial charge in [0.2, 0.25) is 0 Å². The predicted octanol–water partition coefficient (Wildman–Crippen LogP) is 11.0. The largest absolute Gasteiger partial charge is 0.309 e. The van der Waals surface area contributed by atoms with E-state index >= 15 is 0 Å². The van der Waals surface area contributed by atoms with Gasteiger partial charge in [-0.2, -0.15) is 0 Å². The summed E-state index contributed by atoms with van der Waals surface area (Å²) in [6.07, 6.45) is 0. The summed E-state index contributed by atoms with van der Waals surface area (Å²) >= 11 is 1.93. The molecule has 11 rings (SSSR count). The average Bonchev–Trinajstić information content (AvgIpc) is 3.65.